The van der Waals surface area contributed by atoms with Crippen molar-refractivity contribution in [2.75, 3.05) is 11.4 Å². The van der Waals surface area contributed by atoms with Gasteiger partial charge in [-0.15, -0.1) is 0 Å². The average molecular weight is 349 g/mol. The third kappa shape index (κ3) is 3.50. The monoisotopic (exact) mass is 349 g/mol. The lowest BCUT2D eigenvalue weighted by atomic mass is 10.1. The predicted octanol–water partition coefficient (Wildman–Crippen LogP) is 3.03. The summed E-state index contributed by atoms with van der Waals surface area (Å²) in [5.41, 5.74) is -0.0541. The fourth-order valence-electron chi connectivity index (χ4n) is 2.97. The highest BCUT2D eigenvalue weighted by Gasteiger charge is 2.21. The molecule has 5 nitrogen and oxygen atoms in total. The van der Waals surface area contributed by atoms with Crippen molar-refractivity contribution in [2.45, 2.75) is 46.4 Å². The van der Waals surface area contributed by atoms with Crippen molar-refractivity contribution in [3.8, 4) is 5.88 Å². The summed E-state index contributed by atoms with van der Waals surface area (Å²) in [4.78, 5) is 18.3. The van der Waals surface area contributed by atoms with Gasteiger partial charge in [0.15, 0.2) is 0 Å². The standard InChI is InChI=1S/C18H21F2N3O2/c1-11(2)22-5-4-6-23-17(22)9-16(21-18(23)24)25-10-13-7-14(19)12(3)15(20)8-13/h7-9,11H,4-6,10H2,1-3H3. The van der Waals surface area contributed by atoms with E-state index < -0.39 is 11.6 Å². The summed E-state index contributed by atoms with van der Waals surface area (Å²) in [6, 6.07) is 4.40. The number of nitrogens with zero attached hydrogens (tertiary/aromatic N) is 3. The molecule has 0 unspecified atom stereocenters. The lowest BCUT2D eigenvalue weighted by Crippen LogP contribution is -2.42. The Hall–Kier alpha value is -2.44. The van der Waals surface area contributed by atoms with Crippen LogP contribution in [0.3, 0.4) is 0 Å². The van der Waals surface area contributed by atoms with Crippen LogP contribution in [0, 0.1) is 18.6 Å². The fraction of sp³-hybridized carbons (Fsp3) is 0.444. The maximum atomic E-state index is 13.6. The van der Waals surface area contributed by atoms with Crippen molar-refractivity contribution in [3.63, 3.8) is 0 Å². The zero-order valence-corrected chi connectivity index (χ0v) is 14.6. The molecule has 0 radical (unpaired) electrons. The fourth-order valence-corrected chi connectivity index (χ4v) is 2.97. The number of hydrogen-bond donors (Lipinski definition) is 0. The first kappa shape index (κ1) is 17.4. The topological polar surface area (TPSA) is 47.4 Å². The van der Waals surface area contributed by atoms with Crippen molar-refractivity contribution in [1.29, 1.82) is 0 Å². The second kappa shape index (κ2) is 6.82. The molecule has 1 aliphatic rings. The van der Waals surface area contributed by atoms with Gasteiger partial charge in [0.2, 0.25) is 5.88 Å². The Bertz CT molecular complexity index is 826. The van der Waals surface area contributed by atoms with Gasteiger partial charge in [-0.2, -0.15) is 4.98 Å². The Morgan fingerprint density at radius 1 is 1.20 bits per heavy atom. The van der Waals surface area contributed by atoms with Gasteiger partial charge < -0.3 is 9.64 Å². The Labute approximate surface area is 144 Å². The van der Waals surface area contributed by atoms with Crippen LogP contribution in [0.2, 0.25) is 0 Å². The molecule has 0 fully saturated rings. The number of rotatable bonds is 4. The van der Waals surface area contributed by atoms with Crippen LogP contribution in [0.15, 0.2) is 23.0 Å². The maximum Gasteiger partial charge on any atom is 0.352 e. The van der Waals surface area contributed by atoms with Crippen LogP contribution in [0.4, 0.5) is 14.6 Å². The number of anilines is 1. The molecule has 2 aromatic rings. The van der Waals surface area contributed by atoms with E-state index in [2.05, 4.69) is 23.7 Å². The van der Waals surface area contributed by atoms with E-state index in [-0.39, 0.29) is 29.8 Å². The smallest absolute Gasteiger partial charge is 0.352 e. The molecule has 0 aliphatic carbocycles. The number of halogens is 2. The number of hydrogen-bond acceptors (Lipinski definition) is 4. The summed E-state index contributed by atoms with van der Waals surface area (Å²) in [7, 11) is 0. The van der Waals surface area contributed by atoms with E-state index in [4.69, 9.17) is 4.74 Å². The Kier molecular flexibility index (Phi) is 4.74. The molecular weight excluding hydrogens is 328 g/mol. The van der Waals surface area contributed by atoms with Gasteiger partial charge in [-0.05, 0) is 44.9 Å². The van der Waals surface area contributed by atoms with Crippen molar-refractivity contribution in [2.24, 2.45) is 0 Å². The summed E-state index contributed by atoms with van der Waals surface area (Å²) in [6.45, 7) is 6.90. The molecular formula is C18H21F2N3O2. The molecule has 0 saturated carbocycles. The largest absolute Gasteiger partial charge is 0.473 e. The molecule has 0 bridgehead atoms. The van der Waals surface area contributed by atoms with Gasteiger partial charge in [0.25, 0.3) is 0 Å². The van der Waals surface area contributed by atoms with E-state index in [1.165, 1.54) is 19.1 Å². The van der Waals surface area contributed by atoms with E-state index in [0.717, 1.165) is 18.8 Å². The lowest BCUT2D eigenvalue weighted by molar-refractivity contribution is 0.288. The molecule has 0 atom stereocenters. The molecule has 25 heavy (non-hydrogen) atoms. The van der Waals surface area contributed by atoms with Gasteiger partial charge >= 0.3 is 5.69 Å². The zero-order valence-electron chi connectivity index (χ0n) is 14.6. The SMILES string of the molecule is Cc1c(F)cc(COc2cc3n(c(=O)n2)CCCN3C(C)C)cc1F. The molecule has 134 valence electrons. The lowest BCUT2D eigenvalue weighted by Gasteiger charge is -2.34. The first-order valence-electron chi connectivity index (χ1n) is 8.32. The van der Waals surface area contributed by atoms with Crippen LogP contribution >= 0.6 is 0 Å². The zero-order chi connectivity index (χ0) is 18.1. The quantitative estimate of drug-likeness (QED) is 0.851. The molecule has 0 amide bonds. The Morgan fingerprint density at radius 3 is 2.52 bits per heavy atom. The van der Waals surface area contributed by atoms with Crippen LogP contribution in [0.5, 0.6) is 5.88 Å². The number of benzene rings is 1. The third-order valence-corrected chi connectivity index (χ3v) is 4.39. The summed E-state index contributed by atoms with van der Waals surface area (Å²) >= 11 is 0. The van der Waals surface area contributed by atoms with E-state index in [1.807, 2.05) is 0 Å². The van der Waals surface area contributed by atoms with Gasteiger partial charge in [-0.1, -0.05) is 0 Å². The first-order chi connectivity index (χ1) is 11.9. The molecule has 3 rings (SSSR count). The normalized spacial score (nSPS) is 13.9. The first-order valence-corrected chi connectivity index (χ1v) is 8.32. The molecule has 2 heterocycles. The second-order valence-electron chi connectivity index (χ2n) is 6.50. The summed E-state index contributed by atoms with van der Waals surface area (Å²) in [5, 5.41) is 0. The van der Waals surface area contributed by atoms with Gasteiger partial charge in [-0.3, -0.25) is 4.57 Å². The van der Waals surface area contributed by atoms with Crippen molar-refractivity contribution in [3.05, 3.63) is 51.4 Å². The van der Waals surface area contributed by atoms with Gasteiger partial charge in [0.05, 0.1) is 0 Å². The van der Waals surface area contributed by atoms with E-state index >= 15 is 0 Å². The van der Waals surface area contributed by atoms with Gasteiger partial charge in [0.1, 0.15) is 24.1 Å². The van der Waals surface area contributed by atoms with E-state index in [1.54, 1.807) is 10.6 Å². The molecule has 0 N–H and O–H groups in total. The summed E-state index contributed by atoms with van der Waals surface area (Å²) in [5.74, 6) is -0.325. The third-order valence-electron chi connectivity index (χ3n) is 4.39. The highest BCUT2D eigenvalue weighted by atomic mass is 19.1. The minimum absolute atomic E-state index is 0.0264. The van der Waals surface area contributed by atoms with Crippen LogP contribution in [0.25, 0.3) is 0 Å². The van der Waals surface area contributed by atoms with Crippen LogP contribution in [0.1, 0.15) is 31.4 Å². The van der Waals surface area contributed by atoms with Crippen LogP contribution in [-0.2, 0) is 13.2 Å². The number of aromatic nitrogens is 2. The number of ether oxygens (including phenoxy) is 1. The highest BCUT2D eigenvalue weighted by Crippen LogP contribution is 2.24. The molecule has 1 aromatic heterocycles. The summed E-state index contributed by atoms with van der Waals surface area (Å²) < 4.78 is 34.4. The minimum Gasteiger partial charge on any atom is -0.473 e. The molecule has 1 aliphatic heterocycles. The van der Waals surface area contributed by atoms with Gasteiger partial charge in [-0.25, -0.2) is 13.6 Å². The number of fused-ring (bicyclic) bond motifs is 1. The van der Waals surface area contributed by atoms with E-state index in [9.17, 15) is 13.6 Å². The van der Waals surface area contributed by atoms with Crippen molar-refractivity contribution in [1.82, 2.24) is 9.55 Å². The molecule has 0 saturated heterocycles. The van der Waals surface area contributed by atoms with Crippen molar-refractivity contribution >= 4 is 5.82 Å². The molecule has 1 aromatic carbocycles. The molecule has 7 heteroatoms. The second-order valence-corrected chi connectivity index (χ2v) is 6.50. The minimum atomic E-state index is -0.622. The van der Waals surface area contributed by atoms with Crippen LogP contribution in [-0.4, -0.2) is 22.1 Å². The van der Waals surface area contributed by atoms with Gasteiger partial charge in [0, 0.05) is 30.8 Å². The summed E-state index contributed by atoms with van der Waals surface area (Å²) in [6.07, 6.45) is 0.884. The average Bonchev–Trinajstić information content (AvgIpc) is 2.57. The Morgan fingerprint density at radius 2 is 1.88 bits per heavy atom. The van der Waals surface area contributed by atoms with Crippen LogP contribution < -0.4 is 15.3 Å². The predicted molar refractivity (Wildman–Crippen MR) is 91.0 cm³/mol. The van der Waals surface area contributed by atoms with E-state index in [0.29, 0.717) is 12.1 Å². The maximum absolute atomic E-state index is 13.6. The molecule has 0 spiro atoms. The highest BCUT2D eigenvalue weighted by molar-refractivity contribution is 5.44. The van der Waals surface area contributed by atoms with Crippen molar-refractivity contribution < 1.29 is 13.5 Å². The Balaban J connectivity index is 1.86.